The molecule has 0 radical (unpaired) electrons. The Bertz CT molecular complexity index is 1510. The molecule has 0 spiro atoms. The van der Waals surface area contributed by atoms with Crippen molar-refractivity contribution >= 4 is 39.9 Å². The average molecular weight is 387 g/mol. The number of para-hydroxylation sites is 1. The number of hydrogen-bond acceptors (Lipinski definition) is 2. The molecule has 144 valence electrons. The molecular formula is C28H21NO. The van der Waals surface area contributed by atoms with E-state index in [2.05, 4.69) is 43.8 Å². The number of hydrogen-bond donors (Lipinski definition) is 0. The molecule has 1 aromatic heterocycles. The van der Waals surface area contributed by atoms with E-state index >= 15 is 0 Å². The van der Waals surface area contributed by atoms with Crippen molar-refractivity contribution in [1.29, 1.82) is 0 Å². The van der Waals surface area contributed by atoms with E-state index in [1.165, 1.54) is 0 Å². The molecule has 0 atom stereocenters. The van der Waals surface area contributed by atoms with Crippen LogP contribution in [0.15, 0.2) is 106 Å². The summed E-state index contributed by atoms with van der Waals surface area (Å²) in [6.07, 6.45) is 0. The summed E-state index contributed by atoms with van der Waals surface area (Å²) in [5.41, 5.74) is 5.74. The van der Waals surface area contributed by atoms with Crippen LogP contribution in [0.25, 0.3) is 34.2 Å². The van der Waals surface area contributed by atoms with Crippen LogP contribution in [0.1, 0.15) is 18.1 Å². The molecule has 0 saturated carbocycles. The third-order valence-corrected chi connectivity index (χ3v) is 5.40. The quantitative estimate of drug-likeness (QED) is 0.367. The van der Waals surface area contributed by atoms with E-state index in [4.69, 9.17) is 9.41 Å². The molecule has 0 fully saturated rings. The van der Waals surface area contributed by atoms with Crippen molar-refractivity contribution in [3.05, 3.63) is 119 Å². The maximum Gasteiger partial charge on any atom is 0.136 e. The van der Waals surface area contributed by atoms with Crippen LogP contribution in [-0.4, -0.2) is 5.71 Å². The third-order valence-electron chi connectivity index (χ3n) is 5.40. The molecule has 0 aliphatic rings. The molecule has 0 bridgehead atoms. The highest BCUT2D eigenvalue weighted by molar-refractivity contribution is 6.11. The van der Waals surface area contributed by atoms with Gasteiger partial charge in [0.15, 0.2) is 0 Å². The zero-order chi connectivity index (χ0) is 20.5. The lowest BCUT2D eigenvalue weighted by Crippen LogP contribution is -2.25. The minimum atomic E-state index is 0.861. The number of fused-ring (bicyclic) bond motifs is 3. The number of furan rings is 1. The van der Waals surface area contributed by atoms with Crippen LogP contribution in [0.5, 0.6) is 0 Å². The molecule has 2 heteroatoms. The number of aliphatic imine (C=N–C) groups is 1. The average Bonchev–Trinajstić information content (AvgIpc) is 3.17. The van der Waals surface area contributed by atoms with Crippen molar-refractivity contribution in [2.24, 2.45) is 4.99 Å². The van der Waals surface area contributed by atoms with Gasteiger partial charge in [0.25, 0.3) is 0 Å². The van der Waals surface area contributed by atoms with Crippen LogP contribution in [0.2, 0.25) is 0 Å². The summed E-state index contributed by atoms with van der Waals surface area (Å²) in [6, 6.07) is 32.7. The summed E-state index contributed by atoms with van der Waals surface area (Å²) in [5, 5.41) is 4.14. The molecule has 0 N–H and O–H groups in total. The Morgan fingerprint density at radius 3 is 2.27 bits per heavy atom. The molecule has 0 unspecified atom stereocenters. The lowest BCUT2D eigenvalue weighted by atomic mass is 10.0. The Hall–Kier alpha value is -3.91. The Kier molecular flexibility index (Phi) is 4.53. The molecule has 0 aliphatic heterocycles. The van der Waals surface area contributed by atoms with Crippen LogP contribution < -0.4 is 10.4 Å². The predicted octanol–water partition coefficient (Wildman–Crippen LogP) is 5.66. The Balaban J connectivity index is 1.89. The van der Waals surface area contributed by atoms with Crippen LogP contribution in [0.3, 0.4) is 0 Å². The molecule has 1 heterocycles. The second kappa shape index (κ2) is 7.49. The first-order valence-electron chi connectivity index (χ1n) is 10.0. The first-order valence-corrected chi connectivity index (χ1v) is 10.0. The van der Waals surface area contributed by atoms with Gasteiger partial charge in [0.2, 0.25) is 0 Å². The fourth-order valence-corrected chi connectivity index (χ4v) is 3.90. The fraction of sp³-hybridized carbons (Fsp3) is 0.0357. The largest absolute Gasteiger partial charge is 0.456 e. The van der Waals surface area contributed by atoms with Crippen LogP contribution in [0.4, 0.5) is 0 Å². The molecule has 0 amide bonds. The van der Waals surface area contributed by atoms with Gasteiger partial charge in [-0.15, -0.1) is 0 Å². The van der Waals surface area contributed by atoms with E-state index < -0.39 is 0 Å². The van der Waals surface area contributed by atoms with E-state index in [-0.39, 0.29) is 0 Å². The molecule has 5 aromatic rings. The van der Waals surface area contributed by atoms with Crippen molar-refractivity contribution < 1.29 is 4.42 Å². The molecule has 0 aliphatic carbocycles. The summed E-state index contributed by atoms with van der Waals surface area (Å²) in [5.74, 6) is 0. The van der Waals surface area contributed by atoms with E-state index in [1.807, 2.05) is 66.7 Å². The fourth-order valence-electron chi connectivity index (χ4n) is 3.90. The summed E-state index contributed by atoms with van der Waals surface area (Å²) < 4.78 is 6.12. The van der Waals surface area contributed by atoms with Crippen molar-refractivity contribution in [2.45, 2.75) is 6.92 Å². The van der Waals surface area contributed by atoms with Gasteiger partial charge in [-0.2, -0.15) is 0 Å². The van der Waals surface area contributed by atoms with E-state index in [0.717, 1.165) is 54.9 Å². The van der Waals surface area contributed by atoms with Crippen molar-refractivity contribution in [2.75, 3.05) is 0 Å². The molecule has 30 heavy (non-hydrogen) atoms. The van der Waals surface area contributed by atoms with Crippen molar-refractivity contribution in [3.8, 4) is 0 Å². The van der Waals surface area contributed by atoms with Gasteiger partial charge < -0.3 is 4.42 Å². The van der Waals surface area contributed by atoms with E-state index in [9.17, 15) is 0 Å². The Labute approximate surface area is 175 Å². The maximum absolute atomic E-state index is 6.12. The van der Waals surface area contributed by atoms with Gasteiger partial charge >= 0.3 is 0 Å². The minimum absolute atomic E-state index is 0.861. The maximum atomic E-state index is 6.12. The Morgan fingerprint density at radius 1 is 0.733 bits per heavy atom. The van der Waals surface area contributed by atoms with Gasteiger partial charge in [-0.25, -0.2) is 0 Å². The van der Waals surface area contributed by atoms with E-state index in [0.29, 0.717) is 0 Å². The summed E-state index contributed by atoms with van der Waals surface area (Å²) in [7, 11) is 0. The zero-order valence-corrected chi connectivity index (χ0v) is 16.8. The first kappa shape index (κ1) is 18.1. The number of rotatable bonds is 3. The van der Waals surface area contributed by atoms with Gasteiger partial charge in [0.1, 0.15) is 11.2 Å². The summed E-state index contributed by atoms with van der Waals surface area (Å²) in [4.78, 5) is 5.14. The number of benzene rings is 4. The SMILES string of the molecule is C=c1cccc/c1=C(/N=C(C)c1ccccc1)c1cccc2oc3ccccc3c12. The first-order chi connectivity index (χ1) is 14.7. The van der Waals surface area contributed by atoms with Gasteiger partial charge in [0.05, 0.1) is 5.70 Å². The molecule has 2 nitrogen and oxygen atoms in total. The minimum Gasteiger partial charge on any atom is -0.456 e. The van der Waals surface area contributed by atoms with Crippen molar-refractivity contribution in [1.82, 2.24) is 0 Å². The monoisotopic (exact) mass is 387 g/mol. The number of nitrogens with zero attached hydrogens (tertiary/aromatic N) is 1. The molecular weight excluding hydrogens is 366 g/mol. The summed E-state index contributed by atoms with van der Waals surface area (Å²) >= 11 is 0. The zero-order valence-electron chi connectivity index (χ0n) is 16.8. The van der Waals surface area contributed by atoms with Crippen LogP contribution in [-0.2, 0) is 0 Å². The van der Waals surface area contributed by atoms with Gasteiger partial charge in [0, 0.05) is 27.3 Å². The Morgan fingerprint density at radius 2 is 1.43 bits per heavy atom. The standard InChI is InChI=1S/C28H21NO/c1-19-11-6-7-14-22(19)28(29-20(2)21-12-4-3-5-13-21)24-16-10-18-26-27(24)23-15-8-9-17-25(23)30-26/h3-18H,1H2,2H3/b28-22-,29-20?. The molecule has 4 aromatic carbocycles. The molecule has 0 saturated heterocycles. The van der Waals surface area contributed by atoms with E-state index in [1.54, 1.807) is 0 Å². The highest BCUT2D eigenvalue weighted by Gasteiger charge is 2.14. The van der Waals surface area contributed by atoms with Gasteiger partial charge in [-0.05, 0) is 29.8 Å². The third kappa shape index (κ3) is 3.13. The van der Waals surface area contributed by atoms with Gasteiger partial charge in [-0.1, -0.05) is 91.5 Å². The second-order valence-electron chi connectivity index (χ2n) is 7.35. The van der Waals surface area contributed by atoms with Gasteiger partial charge in [-0.3, -0.25) is 4.99 Å². The smallest absolute Gasteiger partial charge is 0.136 e. The van der Waals surface area contributed by atoms with Crippen LogP contribution in [0, 0.1) is 0 Å². The normalized spacial score (nSPS) is 13.0. The molecule has 5 rings (SSSR count). The predicted molar refractivity (Wildman–Crippen MR) is 126 cm³/mol. The highest BCUT2D eigenvalue weighted by atomic mass is 16.3. The topological polar surface area (TPSA) is 25.5 Å². The highest BCUT2D eigenvalue weighted by Crippen LogP contribution is 2.34. The summed E-state index contributed by atoms with van der Waals surface area (Å²) in [6.45, 7) is 6.31. The lowest BCUT2D eigenvalue weighted by molar-refractivity contribution is 0.669. The second-order valence-corrected chi connectivity index (χ2v) is 7.35. The van der Waals surface area contributed by atoms with Crippen LogP contribution >= 0.6 is 0 Å². The van der Waals surface area contributed by atoms with Crippen molar-refractivity contribution in [3.63, 3.8) is 0 Å². The lowest BCUT2D eigenvalue weighted by Gasteiger charge is -2.08.